The highest BCUT2D eigenvalue weighted by Gasteiger charge is 2.23. The van der Waals surface area contributed by atoms with Crippen LogP contribution in [0, 0.1) is 0 Å². The van der Waals surface area contributed by atoms with Gasteiger partial charge in [0.25, 0.3) is 0 Å². The van der Waals surface area contributed by atoms with E-state index in [1.165, 1.54) is 25.7 Å². The van der Waals surface area contributed by atoms with Gasteiger partial charge in [-0.3, -0.25) is 0 Å². The van der Waals surface area contributed by atoms with E-state index in [2.05, 4.69) is 4.98 Å². The third kappa shape index (κ3) is 1.55. The van der Waals surface area contributed by atoms with Gasteiger partial charge in [-0.05, 0) is 12.8 Å². The highest BCUT2D eigenvalue weighted by atomic mass is 35.5. The number of nitrogens with zero attached hydrogens (tertiary/aromatic N) is 2. The van der Waals surface area contributed by atoms with Crippen LogP contribution in [0.4, 0.5) is 0 Å². The van der Waals surface area contributed by atoms with E-state index in [4.69, 9.17) is 17.3 Å². The minimum absolute atomic E-state index is 0.430. The molecule has 0 bridgehead atoms. The van der Waals surface area contributed by atoms with E-state index in [9.17, 15) is 0 Å². The van der Waals surface area contributed by atoms with Gasteiger partial charge in [-0.15, -0.1) is 0 Å². The van der Waals surface area contributed by atoms with E-state index in [0.717, 1.165) is 11.5 Å². The average Bonchev–Trinajstić information content (AvgIpc) is 2.78. The molecule has 0 unspecified atom stereocenters. The summed E-state index contributed by atoms with van der Waals surface area (Å²) < 4.78 is 1.99. The first-order valence-electron chi connectivity index (χ1n) is 5.15. The number of imidazole rings is 1. The Morgan fingerprint density at radius 3 is 2.64 bits per heavy atom. The third-order valence-corrected chi connectivity index (χ3v) is 3.51. The summed E-state index contributed by atoms with van der Waals surface area (Å²) in [5, 5.41) is 0.703. The van der Waals surface area contributed by atoms with Gasteiger partial charge in [0.2, 0.25) is 0 Å². The number of hydrogen-bond acceptors (Lipinski definition) is 2. The lowest BCUT2D eigenvalue weighted by Crippen LogP contribution is -2.02. The summed E-state index contributed by atoms with van der Waals surface area (Å²) >= 11 is 6.11. The van der Waals surface area contributed by atoms with Crippen LogP contribution in [-0.4, -0.2) is 9.55 Å². The lowest BCUT2D eigenvalue weighted by molar-refractivity contribution is 0.632. The van der Waals surface area contributed by atoms with Crippen molar-refractivity contribution in [2.45, 2.75) is 38.1 Å². The fraction of sp³-hybridized carbons (Fsp3) is 0.700. The minimum atomic E-state index is 0.430. The second-order valence-corrected chi connectivity index (χ2v) is 4.31. The molecule has 0 saturated heterocycles. The Kier molecular flexibility index (Phi) is 2.79. The molecule has 4 heteroatoms. The first-order chi connectivity index (χ1) is 6.74. The number of hydrogen-bond donors (Lipinski definition) is 1. The summed E-state index contributed by atoms with van der Waals surface area (Å²) in [6, 6.07) is 0. The standard InChI is InChI=1S/C10H16ClN3/c1-14-9(11)8(6-12)13-10(14)7-4-2-3-5-7/h7H,2-6,12H2,1H3. The smallest absolute Gasteiger partial charge is 0.133 e. The monoisotopic (exact) mass is 213 g/mol. The SMILES string of the molecule is Cn1c(C2CCCC2)nc(CN)c1Cl. The maximum Gasteiger partial charge on any atom is 0.133 e. The molecule has 0 spiro atoms. The van der Waals surface area contributed by atoms with Crippen LogP contribution in [0.2, 0.25) is 5.15 Å². The van der Waals surface area contributed by atoms with E-state index >= 15 is 0 Å². The predicted octanol–water partition coefficient (Wildman–Crippen LogP) is 2.19. The molecule has 1 heterocycles. The number of rotatable bonds is 2. The second kappa shape index (κ2) is 3.91. The van der Waals surface area contributed by atoms with Gasteiger partial charge < -0.3 is 10.3 Å². The van der Waals surface area contributed by atoms with Gasteiger partial charge in [0.1, 0.15) is 11.0 Å². The van der Waals surface area contributed by atoms with Crippen LogP contribution in [0.1, 0.15) is 43.1 Å². The van der Waals surface area contributed by atoms with Crippen LogP contribution in [0.15, 0.2) is 0 Å². The summed E-state index contributed by atoms with van der Waals surface area (Å²) in [6.07, 6.45) is 5.11. The van der Waals surface area contributed by atoms with Gasteiger partial charge in [-0.25, -0.2) is 4.98 Å². The maximum absolute atomic E-state index is 6.11. The zero-order valence-corrected chi connectivity index (χ0v) is 9.22. The largest absolute Gasteiger partial charge is 0.325 e. The van der Waals surface area contributed by atoms with Crippen molar-refractivity contribution >= 4 is 11.6 Å². The first kappa shape index (κ1) is 9.99. The molecule has 1 saturated carbocycles. The molecule has 2 N–H and O–H groups in total. The Hall–Kier alpha value is -0.540. The number of halogens is 1. The lowest BCUT2D eigenvalue weighted by Gasteiger charge is -2.08. The molecule has 1 aliphatic carbocycles. The topological polar surface area (TPSA) is 43.8 Å². The summed E-state index contributed by atoms with van der Waals surface area (Å²) in [7, 11) is 1.97. The molecule has 1 aromatic heterocycles. The Labute approximate surface area is 89.3 Å². The van der Waals surface area contributed by atoms with Gasteiger partial charge in [0.15, 0.2) is 0 Å². The van der Waals surface area contributed by atoms with E-state index in [1.807, 2.05) is 11.6 Å². The molecule has 14 heavy (non-hydrogen) atoms. The summed E-state index contributed by atoms with van der Waals surface area (Å²) in [5.74, 6) is 1.71. The van der Waals surface area contributed by atoms with Crippen molar-refractivity contribution in [3.63, 3.8) is 0 Å². The summed E-state index contributed by atoms with van der Waals surface area (Å²) in [5.41, 5.74) is 6.40. The van der Waals surface area contributed by atoms with Crippen LogP contribution >= 0.6 is 11.6 Å². The van der Waals surface area contributed by atoms with Crippen molar-refractivity contribution in [2.24, 2.45) is 12.8 Å². The Morgan fingerprint density at radius 1 is 1.50 bits per heavy atom. The second-order valence-electron chi connectivity index (χ2n) is 3.95. The molecule has 0 amide bonds. The van der Waals surface area contributed by atoms with Crippen LogP contribution in [-0.2, 0) is 13.6 Å². The molecule has 3 nitrogen and oxygen atoms in total. The van der Waals surface area contributed by atoms with E-state index < -0.39 is 0 Å². The molecular formula is C10H16ClN3. The molecule has 0 aliphatic heterocycles. The Morgan fingerprint density at radius 2 is 2.14 bits per heavy atom. The minimum Gasteiger partial charge on any atom is -0.325 e. The quantitative estimate of drug-likeness (QED) is 0.819. The Balaban J connectivity index is 2.32. The van der Waals surface area contributed by atoms with Crippen LogP contribution < -0.4 is 5.73 Å². The molecule has 1 aromatic rings. The van der Waals surface area contributed by atoms with Crippen LogP contribution in [0.25, 0.3) is 0 Å². The zero-order chi connectivity index (χ0) is 10.1. The van der Waals surface area contributed by atoms with Gasteiger partial charge in [-0.2, -0.15) is 0 Å². The average molecular weight is 214 g/mol. The van der Waals surface area contributed by atoms with Gasteiger partial charge in [0, 0.05) is 19.5 Å². The fourth-order valence-corrected chi connectivity index (χ4v) is 2.44. The van der Waals surface area contributed by atoms with Crippen molar-refractivity contribution in [3.05, 3.63) is 16.7 Å². The number of aromatic nitrogens is 2. The molecule has 2 rings (SSSR count). The van der Waals surface area contributed by atoms with Gasteiger partial charge in [-0.1, -0.05) is 24.4 Å². The Bertz CT molecular complexity index is 326. The van der Waals surface area contributed by atoms with Crippen molar-refractivity contribution in [3.8, 4) is 0 Å². The highest BCUT2D eigenvalue weighted by Crippen LogP contribution is 2.34. The predicted molar refractivity (Wildman–Crippen MR) is 57.3 cm³/mol. The summed E-state index contributed by atoms with van der Waals surface area (Å²) in [4.78, 5) is 4.52. The molecular weight excluding hydrogens is 198 g/mol. The third-order valence-electron chi connectivity index (χ3n) is 3.04. The van der Waals surface area contributed by atoms with Crippen LogP contribution in [0.3, 0.4) is 0 Å². The van der Waals surface area contributed by atoms with Crippen molar-refractivity contribution in [1.29, 1.82) is 0 Å². The normalized spacial score (nSPS) is 17.9. The molecule has 1 aliphatic rings. The highest BCUT2D eigenvalue weighted by molar-refractivity contribution is 6.30. The van der Waals surface area contributed by atoms with E-state index in [1.54, 1.807) is 0 Å². The van der Waals surface area contributed by atoms with E-state index in [0.29, 0.717) is 17.6 Å². The molecule has 0 atom stereocenters. The lowest BCUT2D eigenvalue weighted by atomic mass is 10.1. The van der Waals surface area contributed by atoms with Crippen molar-refractivity contribution < 1.29 is 0 Å². The first-order valence-corrected chi connectivity index (χ1v) is 5.53. The van der Waals surface area contributed by atoms with E-state index in [-0.39, 0.29) is 0 Å². The van der Waals surface area contributed by atoms with Crippen LogP contribution in [0.5, 0.6) is 0 Å². The summed E-state index contributed by atoms with van der Waals surface area (Å²) in [6.45, 7) is 0.430. The molecule has 1 fully saturated rings. The van der Waals surface area contributed by atoms with Crippen molar-refractivity contribution in [1.82, 2.24) is 9.55 Å². The molecule has 0 radical (unpaired) electrons. The van der Waals surface area contributed by atoms with Gasteiger partial charge >= 0.3 is 0 Å². The number of nitrogens with two attached hydrogens (primary N) is 1. The molecule has 78 valence electrons. The van der Waals surface area contributed by atoms with Gasteiger partial charge in [0.05, 0.1) is 5.69 Å². The van der Waals surface area contributed by atoms with Crippen molar-refractivity contribution in [2.75, 3.05) is 0 Å². The zero-order valence-electron chi connectivity index (χ0n) is 8.46. The maximum atomic E-state index is 6.11. The fourth-order valence-electron chi connectivity index (χ4n) is 2.23. The molecule has 0 aromatic carbocycles.